The van der Waals surface area contributed by atoms with Gasteiger partial charge in [-0.2, -0.15) is 11.8 Å². The molecule has 1 atom stereocenters. The molecule has 1 aromatic rings. The van der Waals surface area contributed by atoms with Crippen molar-refractivity contribution in [3.8, 4) is 5.75 Å². The van der Waals surface area contributed by atoms with Crippen LogP contribution in [0.1, 0.15) is 6.92 Å². The Labute approximate surface area is 99.4 Å². The molecule has 2 N–H and O–H groups in total. The zero-order valence-electron chi connectivity index (χ0n) is 9.51. The number of ether oxygens (including phenoxy) is 1. The number of rotatable bonds is 2. The summed E-state index contributed by atoms with van der Waals surface area (Å²) in [5.74, 6) is 4.01. The summed E-state index contributed by atoms with van der Waals surface area (Å²) in [5, 5.41) is 0. The van der Waals surface area contributed by atoms with Crippen molar-refractivity contribution in [2.24, 2.45) is 0 Å². The molecule has 16 heavy (non-hydrogen) atoms. The van der Waals surface area contributed by atoms with E-state index < -0.39 is 0 Å². The van der Waals surface area contributed by atoms with E-state index in [0.717, 1.165) is 23.9 Å². The Kier molecular flexibility index (Phi) is 3.38. The van der Waals surface area contributed by atoms with E-state index in [1.807, 2.05) is 11.8 Å². The summed E-state index contributed by atoms with van der Waals surface area (Å²) >= 11 is 1.96. The average Bonchev–Trinajstić information content (AvgIpc) is 2.29. The minimum Gasteiger partial charge on any atom is -0.490 e. The highest BCUT2D eigenvalue weighted by molar-refractivity contribution is 7.99. The van der Waals surface area contributed by atoms with Gasteiger partial charge < -0.3 is 15.4 Å². The van der Waals surface area contributed by atoms with Crippen molar-refractivity contribution >= 4 is 23.4 Å². The third-order valence-electron chi connectivity index (χ3n) is 2.66. The summed E-state index contributed by atoms with van der Waals surface area (Å²) in [6.07, 6.45) is 1.49. The standard InChI is InChI=1S/C10H16N4OS/c1-7-5-16-4-3-14(7)10-8(15-2)9(11)12-6-13-10/h6-7H,3-5H2,1-2H3,(H2,11,12,13). The second-order valence-corrected chi connectivity index (χ2v) is 4.88. The number of nitrogen functional groups attached to an aromatic ring is 1. The quantitative estimate of drug-likeness (QED) is 0.832. The third-order valence-corrected chi connectivity index (χ3v) is 3.85. The van der Waals surface area contributed by atoms with Crippen molar-refractivity contribution in [2.45, 2.75) is 13.0 Å². The van der Waals surface area contributed by atoms with Gasteiger partial charge in [-0.25, -0.2) is 9.97 Å². The largest absolute Gasteiger partial charge is 0.490 e. The molecule has 1 unspecified atom stereocenters. The first-order valence-electron chi connectivity index (χ1n) is 5.23. The molecule has 2 rings (SSSR count). The second kappa shape index (κ2) is 4.78. The van der Waals surface area contributed by atoms with Crippen molar-refractivity contribution in [2.75, 3.05) is 35.8 Å². The van der Waals surface area contributed by atoms with Crippen molar-refractivity contribution in [3.63, 3.8) is 0 Å². The van der Waals surface area contributed by atoms with Gasteiger partial charge >= 0.3 is 0 Å². The van der Waals surface area contributed by atoms with E-state index in [4.69, 9.17) is 10.5 Å². The highest BCUT2D eigenvalue weighted by atomic mass is 32.2. The highest BCUT2D eigenvalue weighted by Gasteiger charge is 2.24. The summed E-state index contributed by atoms with van der Waals surface area (Å²) in [6, 6.07) is 0.446. The Morgan fingerprint density at radius 2 is 2.38 bits per heavy atom. The molecule has 0 bridgehead atoms. The normalized spacial score (nSPS) is 20.9. The molecule has 0 radical (unpaired) electrons. The van der Waals surface area contributed by atoms with Crippen LogP contribution in [0, 0.1) is 0 Å². The van der Waals surface area contributed by atoms with Crippen LogP contribution in [0.2, 0.25) is 0 Å². The van der Waals surface area contributed by atoms with Gasteiger partial charge in [-0.1, -0.05) is 0 Å². The lowest BCUT2D eigenvalue weighted by atomic mass is 10.3. The van der Waals surface area contributed by atoms with Crippen LogP contribution in [0.25, 0.3) is 0 Å². The number of anilines is 2. The van der Waals surface area contributed by atoms with Crippen LogP contribution < -0.4 is 15.4 Å². The van der Waals surface area contributed by atoms with Gasteiger partial charge in [-0.05, 0) is 6.92 Å². The van der Waals surface area contributed by atoms with Crippen LogP contribution in [0.15, 0.2) is 6.33 Å². The summed E-state index contributed by atoms with van der Waals surface area (Å²) in [6.45, 7) is 3.16. The zero-order valence-corrected chi connectivity index (χ0v) is 10.3. The molecule has 0 spiro atoms. The van der Waals surface area contributed by atoms with Crippen LogP contribution >= 0.6 is 11.8 Å². The molecular weight excluding hydrogens is 224 g/mol. The number of thioether (sulfide) groups is 1. The second-order valence-electron chi connectivity index (χ2n) is 3.73. The number of aromatic nitrogens is 2. The fourth-order valence-corrected chi connectivity index (χ4v) is 2.83. The molecule has 6 heteroatoms. The summed E-state index contributed by atoms with van der Waals surface area (Å²) in [4.78, 5) is 10.5. The number of nitrogens with two attached hydrogens (primary N) is 1. The molecule has 2 heterocycles. The number of hydrogen-bond acceptors (Lipinski definition) is 6. The van der Waals surface area contributed by atoms with Gasteiger partial charge in [-0.3, -0.25) is 0 Å². The average molecular weight is 240 g/mol. The third kappa shape index (κ3) is 2.02. The van der Waals surface area contributed by atoms with Crippen LogP contribution in [-0.4, -0.2) is 41.2 Å². The predicted molar refractivity (Wildman–Crippen MR) is 67.1 cm³/mol. The zero-order chi connectivity index (χ0) is 11.5. The first kappa shape index (κ1) is 11.3. The van der Waals surface area contributed by atoms with Crippen LogP contribution in [0.3, 0.4) is 0 Å². The monoisotopic (exact) mass is 240 g/mol. The molecule has 1 saturated heterocycles. The Morgan fingerprint density at radius 1 is 1.56 bits per heavy atom. The molecule has 1 aliphatic heterocycles. The maximum absolute atomic E-state index is 5.78. The number of nitrogens with zero attached hydrogens (tertiary/aromatic N) is 3. The summed E-state index contributed by atoms with van der Waals surface area (Å²) < 4.78 is 5.28. The lowest BCUT2D eigenvalue weighted by molar-refractivity contribution is 0.411. The Bertz CT molecular complexity index is 374. The van der Waals surface area contributed by atoms with Crippen molar-refractivity contribution in [1.29, 1.82) is 0 Å². The molecule has 0 amide bonds. The van der Waals surface area contributed by atoms with Crippen molar-refractivity contribution in [1.82, 2.24) is 9.97 Å². The highest BCUT2D eigenvalue weighted by Crippen LogP contribution is 2.33. The Balaban J connectivity index is 2.34. The van der Waals surface area contributed by atoms with Gasteiger partial charge in [0, 0.05) is 24.1 Å². The lowest BCUT2D eigenvalue weighted by Gasteiger charge is -2.34. The fourth-order valence-electron chi connectivity index (χ4n) is 1.82. The molecular formula is C10H16N4OS. The molecule has 1 fully saturated rings. The van der Waals surface area contributed by atoms with E-state index in [-0.39, 0.29) is 0 Å². The molecule has 1 aromatic heterocycles. The summed E-state index contributed by atoms with van der Waals surface area (Å²) in [7, 11) is 1.60. The van der Waals surface area contributed by atoms with E-state index in [9.17, 15) is 0 Å². The number of methoxy groups -OCH3 is 1. The smallest absolute Gasteiger partial charge is 0.204 e. The van der Waals surface area contributed by atoms with Gasteiger partial charge in [0.25, 0.3) is 0 Å². The molecule has 0 aliphatic carbocycles. The van der Waals surface area contributed by atoms with Crippen LogP contribution in [-0.2, 0) is 0 Å². The Hall–Kier alpha value is -1.17. The minimum absolute atomic E-state index is 0.401. The van der Waals surface area contributed by atoms with Gasteiger partial charge in [0.2, 0.25) is 5.75 Å². The minimum atomic E-state index is 0.401. The van der Waals surface area contributed by atoms with Crippen LogP contribution in [0.5, 0.6) is 5.75 Å². The van der Waals surface area contributed by atoms with Gasteiger partial charge in [0.05, 0.1) is 7.11 Å². The molecule has 0 saturated carbocycles. The maximum Gasteiger partial charge on any atom is 0.204 e. The molecule has 1 aliphatic rings. The SMILES string of the molecule is COc1c(N)ncnc1N1CCSCC1C. The Morgan fingerprint density at radius 3 is 3.06 bits per heavy atom. The molecule has 0 aromatic carbocycles. The van der Waals surface area contributed by atoms with E-state index >= 15 is 0 Å². The predicted octanol–water partition coefficient (Wildman–Crippen LogP) is 1.01. The summed E-state index contributed by atoms with van der Waals surface area (Å²) in [5.41, 5.74) is 5.78. The number of hydrogen-bond donors (Lipinski definition) is 1. The van der Waals surface area contributed by atoms with E-state index in [1.165, 1.54) is 6.33 Å². The first-order valence-corrected chi connectivity index (χ1v) is 6.38. The van der Waals surface area contributed by atoms with Gasteiger partial charge in [0.1, 0.15) is 6.33 Å². The lowest BCUT2D eigenvalue weighted by Crippen LogP contribution is -2.41. The fraction of sp³-hybridized carbons (Fsp3) is 0.600. The van der Waals surface area contributed by atoms with E-state index in [2.05, 4.69) is 21.8 Å². The molecule has 88 valence electrons. The van der Waals surface area contributed by atoms with Crippen molar-refractivity contribution < 1.29 is 4.74 Å². The van der Waals surface area contributed by atoms with Crippen molar-refractivity contribution in [3.05, 3.63) is 6.33 Å². The molecule has 5 nitrogen and oxygen atoms in total. The topological polar surface area (TPSA) is 64.3 Å². The van der Waals surface area contributed by atoms with E-state index in [1.54, 1.807) is 7.11 Å². The van der Waals surface area contributed by atoms with Gasteiger partial charge in [-0.15, -0.1) is 0 Å². The van der Waals surface area contributed by atoms with E-state index in [0.29, 0.717) is 17.6 Å². The maximum atomic E-state index is 5.78. The van der Waals surface area contributed by atoms with Crippen LogP contribution in [0.4, 0.5) is 11.6 Å². The van der Waals surface area contributed by atoms with Gasteiger partial charge in [0.15, 0.2) is 11.6 Å². The first-order chi connectivity index (χ1) is 7.74.